The first-order valence-electron chi connectivity index (χ1n) is 6.11. The van der Waals surface area contributed by atoms with Gasteiger partial charge in [0.25, 0.3) is 5.91 Å². The van der Waals surface area contributed by atoms with E-state index in [1.54, 1.807) is 5.32 Å². The van der Waals surface area contributed by atoms with Crippen LogP contribution < -0.4 is 10.5 Å². The number of ether oxygens (including phenoxy) is 2. The largest absolute Gasteiger partial charge is 0.452 e. The zero-order valence-corrected chi connectivity index (χ0v) is 12.7. The number of esters is 1. The first-order chi connectivity index (χ1) is 10.6. The Morgan fingerprint density at radius 3 is 2.48 bits per heavy atom. The molecule has 11 heteroatoms. The van der Waals surface area contributed by atoms with E-state index in [1.807, 2.05) is 0 Å². The molecule has 1 aromatic carbocycles. The van der Waals surface area contributed by atoms with E-state index in [4.69, 9.17) is 5.14 Å². The third-order valence-electron chi connectivity index (χ3n) is 2.34. The summed E-state index contributed by atoms with van der Waals surface area (Å²) in [4.78, 5) is 33.4. The molecule has 0 saturated heterocycles. The van der Waals surface area contributed by atoms with Gasteiger partial charge in [0.05, 0.1) is 17.1 Å². The number of primary sulfonamides is 1. The summed E-state index contributed by atoms with van der Waals surface area (Å²) in [5.74, 6) is -3.36. The highest BCUT2D eigenvalue weighted by Gasteiger charge is 2.19. The summed E-state index contributed by atoms with van der Waals surface area (Å²) >= 11 is 0. The second kappa shape index (κ2) is 7.65. The summed E-state index contributed by atoms with van der Waals surface area (Å²) < 4.78 is 44.8. The van der Waals surface area contributed by atoms with Crippen molar-refractivity contribution in [3.63, 3.8) is 0 Å². The SMILES string of the molecule is CCOC(=O)NC(=O)COC(=O)c1cc(S(N)(=O)=O)ccc1F. The minimum Gasteiger partial charge on any atom is -0.452 e. The Hall–Kier alpha value is -2.53. The van der Waals surface area contributed by atoms with Gasteiger partial charge in [0, 0.05) is 0 Å². The molecule has 0 aromatic heterocycles. The average Bonchev–Trinajstić information content (AvgIpc) is 2.44. The van der Waals surface area contributed by atoms with E-state index in [9.17, 15) is 27.2 Å². The fourth-order valence-electron chi connectivity index (χ4n) is 1.36. The number of sulfonamides is 1. The van der Waals surface area contributed by atoms with E-state index in [2.05, 4.69) is 9.47 Å². The van der Waals surface area contributed by atoms with Crippen molar-refractivity contribution in [1.82, 2.24) is 5.32 Å². The minimum atomic E-state index is -4.14. The highest BCUT2D eigenvalue weighted by molar-refractivity contribution is 7.89. The Labute approximate surface area is 130 Å². The first-order valence-corrected chi connectivity index (χ1v) is 7.66. The number of rotatable bonds is 5. The molecule has 23 heavy (non-hydrogen) atoms. The highest BCUT2D eigenvalue weighted by atomic mass is 32.2. The van der Waals surface area contributed by atoms with Crippen molar-refractivity contribution in [3.05, 3.63) is 29.6 Å². The molecule has 3 N–H and O–H groups in total. The minimum absolute atomic E-state index is 0.0322. The molecular weight excluding hydrogens is 335 g/mol. The first kappa shape index (κ1) is 18.5. The van der Waals surface area contributed by atoms with E-state index in [1.165, 1.54) is 6.92 Å². The molecule has 9 nitrogen and oxygen atoms in total. The monoisotopic (exact) mass is 348 g/mol. The van der Waals surface area contributed by atoms with Gasteiger partial charge in [-0.2, -0.15) is 0 Å². The normalized spacial score (nSPS) is 10.7. The molecule has 0 unspecified atom stereocenters. The number of amides is 2. The van der Waals surface area contributed by atoms with Crippen molar-refractivity contribution < 1.29 is 36.7 Å². The van der Waals surface area contributed by atoms with Crippen LogP contribution in [0, 0.1) is 5.82 Å². The molecule has 0 heterocycles. The maximum Gasteiger partial charge on any atom is 0.413 e. The molecule has 0 aliphatic rings. The second-order valence-corrected chi connectivity index (χ2v) is 5.59. The third kappa shape index (κ3) is 5.64. The topological polar surface area (TPSA) is 142 Å². The van der Waals surface area contributed by atoms with Crippen LogP contribution in [0.2, 0.25) is 0 Å². The smallest absolute Gasteiger partial charge is 0.413 e. The van der Waals surface area contributed by atoms with Crippen molar-refractivity contribution in [2.45, 2.75) is 11.8 Å². The molecular formula is C12H13FN2O7S. The van der Waals surface area contributed by atoms with Crippen LogP contribution in [0.5, 0.6) is 0 Å². The van der Waals surface area contributed by atoms with Crippen molar-refractivity contribution in [2.75, 3.05) is 13.2 Å². The molecule has 0 atom stereocenters. The van der Waals surface area contributed by atoms with Gasteiger partial charge in [-0.25, -0.2) is 27.5 Å². The molecule has 1 aromatic rings. The third-order valence-corrected chi connectivity index (χ3v) is 3.25. The van der Waals surface area contributed by atoms with E-state index >= 15 is 0 Å². The molecule has 0 radical (unpaired) electrons. The van der Waals surface area contributed by atoms with Gasteiger partial charge < -0.3 is 9.47 Å². The van der Waals surface area contributed by atoms with Crippen molar-refractivity contribution in [2.24, 2.45) is 5.14 Å². The lowest BCUT2D eigenvalue weighted by molar-refractivity contribution is -0.123. The van der Waals surface area contributed by atoms with Gasteiger partial charge in [0.1, 0.15) is 5.82 Å². The van der Waals surface area contributed by atoms with E-state index < -0.39 is 50.9 Å². The van der Waals surface area contributed by atoms with Gasteiger partial charge in [0.2, 0.25) is 10.0 Å². The fraction of sp³-hybridized carbons (Fsp3) is 0.250. The van der Waals surface area contributed by atoms with Crippen LogP contribution in [0.4, 0.5) is 9.18 Å². The molecule has 2 amide bonds. The van der Waals surface area contributed by atoms with E-state index in [0.29, 0.717) is 6.07 Å². The summed E-state index contributed by atoms with van der Waals surface area (Å²) in [6.45, 7) is 0.659. The number of benzene rings is 1. The lowest BCUT2D eigenvalue weighted by atomic mass is 10.2. The molecule has 126 valence electrons. The van der Waals surface area contributed by atoms with Crippen LogP contribution in [0.3, 0.4) is 0 Å². The van der Waals surface area contributed by atoms with Crippen LogP contribution in [0.1, 0.15) is 17.3 Å². The molecule has 0 bridgehead atoms. The number of alkyl carbamates (subject to hydrolysis) is 1. The Kier molecular flexibility index (Phi) is 6.16. The maximum absolute atomic E-state index is 13.5. The lowest BCUT2D eigenvalue weighted by Crippen LogP contribution is -2.34. The Morgan fingerprint density at radius 1 is 1.26 bits per heavy atom. The number of carbonyl (C=O) groups excluding carboxylic acids is 3. The lowest BCUT2D eigenvalue weighted by Gasteiger charge is -2.07. The van der Waals surface area contributed by atoms with Crippen LogP contribution in [0.15, 0.2) is 23.1 Å². The summed E-state index contributed by atoms with van der Waals surface area (Å²) in [5.41, 5.74) is -0.722. The molecule has 0 spiro atoms. The maximum atomic E-state index is 13.5. The van der Waals surface area contributed by atoms with E-state index in [-0.39, 0.29) is 6.61 Å². The van der Waals surface area contributed by atoms with Gasteiger partial charge in [-0.1, -0.05) is 0 Å². The average molecular weight is 348 g/mol. The predicted molar refractivity (Wildman–Crippen MR) is 73.2 cm³/mol. The molecule has 0 saturated carbocycles. The van der Waals surface area contributed by atoms with Crippen LogP contribution in [0.25, 0.3) is 0 Å². The summed E-state index contributed by atoms with van der Waals surface area (Å²) in [5, 5.41) is 6.61. The molecule has 0 aliphatic heterocycles. The number of halogens is 1. The van der Waals surface area contributed by atoms with Crippen molar-refractivity contribution in [1.29, 1.82) is 0 Å². The molecule has 0 aliphatic carbocycles. The van der Waals surface area contributed by atoms with Gasteiger partial charge >= 0.3 is 12.1 Å². The quantitative estimate of drug-likeness (QED) is 0.708. The van der Waals surface area contributed by atoms with Crippen LogP contribution in [-0.2, 0) is 24.3 Å². The van der Waals surface area contributed by atoms with E-state index in [0.717, 1.165) is 12.1 Å². The zero-order valence-electron chi connectivity index (χ0n) is 11.9. The highest BCUT2D eigenvalue weighted by Crippen LogP contribution is 2.15. The van der Waals surface area contributed by atoms with Gasteiger partial charge in [-0.3, -0.25) is 10.1 Å². The Balaban J connectivity index is 2.75. The van der Waals surface area contributed by atoms with Crippen LogP contribution >= 0.6 is 0 Å². The Bertz CT molecular complexity index is 733. The van der Waals surface area contributed by atoms with Crippen LogP contribution in [-0.4, -0.2) is 39.6 Å². The zero-order chi connectivity index (χ0) is 17.6. The number of carbonyl (C=O) groups is 3. The summed E-state index contributed by atoms with van der Waals surface area (Å²) in [7, 11) is -4.14. The number of hydrogen-bond acceptors (Lipinski definition) is 7. The van der Waals surface area contributed by atoms with Crippen molar-refractivity contribution in [3.8, 4) is 0 Å². The number of nitrogens with one attached hydrogen (secondary N) is 1. The predicted octanol–water partition coefficient (Wildman–Crippen LogP) is -0.0974. The fourth-order valence-corrected chi connectivity index (χ4v) is 1.90. The standard InChI is InChI=1S/C12H13FN2O7S/c1-2-21-12(18)15-10(16)6-22-11(17)8-5-7(23(14,19)20)3-4-9(8)13/h3-5H,2,6H2,1H3,(H2,14,19,20)(H,15,16,18). The summed E-state index contributed by atoms with van der Waals surface area (Å²) in [6.07, 6.45) is -1.03. The molecule has 0 fully saturated rings. The molecule has 1 rings (SSSR count). The second-order valence-electron chi connectivity index (χ2n) is 4.03. The van der Waals surface area contributed by atoms with Gasteiger partial charge in [-0.15, -0.1) is 0 Å². The van der Waals surface area contributed by atoms with Gasteiger partial charge in [0.15, 0.2) is 6.61 Å². The number of nitrogens with two attached hydrogens (primary N) is 1. The number of imide groups is 1. The Morgan fingerprint density at radius 2 is 1.91 bits per heavy atom. The summed E-state index contributed by atoms with van der Waals surface area (Å²) in [6, 6.07) is 2.26. The number of hydrogen-bond donors (Lipinski definition) is 2. The van der Waals surface area contributed by atoms with Crippen molar-refractivity contribution >= 4 is 28.0 Å². The van der Waals surface area contributed by atoms with Gasteiger partial charge in [-0.05, 0) is 25.1 Å².